The fourth-order valence-corrected chi connectivity index (χ4v) is 1.02. The molecule has 2 N–H and O–H groups in total. The summed E-state index contributed by atoms with van der Waals surface area (Å²) >= 11 is 3.15. The molecule has 0 aromatic heterocycles. The molecule has 1 unspecified atom stereocenters. The van der Waals surface area contributed by atoms with E-state index in [9.17, 15) is 4.53 Å². The maximum absolute atomic E-state index is 10.9. The first-order valence-electron chi connectivity index (χ1n) is 5.50. The van der Waals surface area contributed by atoms with Gasteiger partial charge in [-0.15, -0.1) is 6.58 Å². The number of halogens is 2. The summed E-state index contributed by atoms with van der Waals surface area (Å²) in [5.41, 5.74) is 6.66. The molecule has 0 aliphatic rings. The van der Waals surface area contributed by atoms with E-state index in [0.29, 0.717) is 6.54 Å². The molecule has 0 aromatic carbocycles. The molecule has 0 fully saturated rings. The molecule has 7 heteroatoms. The normalized spacial score (nSPS) is 12.4. The van der Waals surface area contributed by atoms with Crippen LogP contribution < -0.4 is 5.73 Å². The number of nitrogens with two attached hydrogens (primary N) is 1. The van der Waals surface area contributed by atoms with E-state index in [-0.39, 0.29) is 10.2 Å². The molecule has 0 aliphatic heterocycles. The smallest absolute Gasteiger partial charge is 0.377 e. The van der Waals surface area contributed by atoms with Crippen molar-refractivity contribution in [1.82, 2.24) is 0 Å². The van der Waals surface area contributed by atoms with Gasteiger partial charge in [-0.1, -0.05) is 44.6 Å². The molecule has 0 radical (unpaired) electrons. The zero-order valence-electron chi connectivity index (χ0n) is 11.2. The lowest BCUT2D eigenvalue weighted by atomic mass is 10.1. The lowest BCUT2D eigenvalue weighted by molar-refractivity contribution is 0.00132. The van der Waals surface area contributed by atoms with E-state index in [1.807, 2.05) is 35.4 Å². The van der Waals surface area contributed by atoms with Crippen molar-refractivity contribution in [3.8, 4) is 0 Å². The van der Waals surface area contributed by atoms with E-state index in [0.717, 1.165) is 12.8 Å². The van der Waals surface area contributed by atoms with Crippen LogP contribution in [0.15, 0.2) is 24.3 Å². The number of ether oxygens (including phenoxy) is 1. The molecule has 1 atom stereocenters. The van der Waals surface area contributed by atoms with Crippen molar-refractivity contribution < 1.29 is 14.1 Å². The van der Waals surface area contributed by atoms with Crippen LogP contribution in [0.3, 0.4) is 0 Å². The minimum Gasteiger partial charge on any atom is -0.377 e. The van der Waals surface area contributed by atoms with Crippen molar-refractivity contribution in [2.24, 2.45) is 5.73 Å². The van der Waals surface area contributed by atoms with Crippen LogP contribution in [0.1, 0.15) is 19.8 Å². The van der Waals surface area contributed by atoms with Crippen molar-refractivity contribution in [3.05, 3.63) is 24.3 Å². The summed E-state index contributed by atoms with van der Waals surface area (Å²) < 4.78 is 15.7. The van der Waals surface area contributed by atoms with Gasteiger partial charge in [-0.3, -0.25) is 0 Å². The second-order valence-corrected chi connectivity index (χ2v) is 6.32. The van der Waals surface area contributed by atoms with Gasteiger partial charge in [0.15, 0.2) is 0 Å². The number of allylic oxidation sites excluding steroid dienone is 1. The van der Waals surface area contributed by atoms with E-state index in [1.165, 1.54) is 17.2 Å². The maximum Gasteiger partial charge on any atom is 0.479 e. The molecule has 3 nitrogen and oxygen atoms in total. The van der Waals surface area contributed by atoms with Gasteiger partial charge in [0.2, 0.25) is 0 Å². The second kappa shape index (κ2) is 15.5. The molecule has 0 amide bonds. The molecule has 0 heterocycles. The summed E-state index contributed by atoms with van der Waals surface area (Å²) in [6.07, 6.45) is 7.91. The minimum absolute atomic E-state index is 0.173. The average molecular weight is 389 g/mol. The van der Waals surface area contributed by atoms with Crippen LogP contribution in [0.5, 0.6) is 0 Å². The van der Waals surface area contributed by atoms with Crippen molar-refractivity contribution in [1.29, 1.82) is 0 Å². The fraction of sp³-hybridized carbons (Fsp3) is 0.636. The Balaban J connectivity index is 0. The van der Waals surface area contributed by atoms with Gasteiger partial charge in [0.1, 0.15) is 0 Å². The fourth-order valence-electron chi connectivity index (χ4n) is 0.946. The Hall–Kier alpha value is 0.435. The number of rotatable bonds is 8. The SMILES string of the molecule is C=CC(CC/C=C(/C)CN)OC.CSB(I)OF. The van der Waals surface area contributed by atoms with Gasteiger partial charge in [-0.25, -0.2) is 4.86 Å². The summed E-state index contributed by atoms with van der Waals surface area (Å²) in [5, 5.41) is 0. The monoisotopic (exact) mass is 389 g/mol. The van der Waals surface area contributed by atoms with E-state index in [2.05, 4.69) is 17.5 Å². The Kier molecular flexibility index (Phi) is 17.9. The van der Waals surface area contributed by atoms with Gasteiger partial charge in [0, 0.05) is 13.7 Å². The zero-order valence-corrected chi connectivity index (χ0v) is 14.2. The first-order valence-corrected chi connectivity index (χ1v) is 8.04. The molecule has 0 spiro atoms. The Labute approximate surface area is 128 Å². The topological polar surface area (TPSA) is 44.5 Å². The quantitative estimate of drug-likeness (QED) is 0.392. The Bertz CT molecular complexity index is 231. The predicted octanol–water partition coefficient (Wildman–Crippen LogP) is 3.54. The van der Waals surface area contributed by atoms with Gasteiger partial charge in [-0.2, -0.15) is 11.6 Å². The van der Waals surface area contributed by atoms with Crippen molar-refractivity contribution >= 4 is 38.0 Å². The summed E-state index contributed by atoms with van der Waals surface area (Å²) in [5.74, 6) is 0. The third kappa shape index (κ3) is 14.5. The second-order valence-electron chi connectivity index (χ2n) is 3.44. The molecule has 0 aliphatic carbocycles. The first-order chi connectivity index (χ1) is 8.55. The van der Waals surface area contributed by atoms with Crippen molar-refractivity contribution in [3.63, 3.8) is 0 Å². The number of hydrogen-bond donors (Lipinski definition) is 1. The van der Waals surface area contributed by atoms with E-state index < -0.39 is 0 Å². The lowest BCUT2D eigenvalue weighted by Gasteiger charge is -2.07. The highest BCUT2D eigenvalue weighted by Gasteiger charge is 2.07. The molecule has 0 saturated heterocycles. The molecule has 0 aromatic rings. The Morgan fingerprint density at radius 1 is 1.67 bits per heavy atom. The Morgan fingerprint density at radius 3 is 2.56 bits per heavy atom. The molecular formula is C11H22BFINO2S. The van der Waals surface area contributed by atoms with E-state index >= 15 is 0 Å². The summed E-state index contributed by atoms with van der Waals surface area (Å²) in [4.78, 5) is 3.35. The molecule has 0 bridgehead atoms. The summed E-state index contributed by atoms with van der Waals surface area (Å²) in [6, 6.07) is 0. The van der Waals surface area contributed by atoms with E-state index in [4.69, 9.17) is 10.5 Å². The van der Waals surface area contributed by atoms with Crippen LogP contribution >= 0.6 is 34.0 Å². The standard InChI is InChI=1S/C10H19NO.CH3BFIOS/c1-4-10(12-3)7-5-6-9(2)8-11;1-6-2(4)5-3/h4,6,10H,1,5,7-8,11H2,2-3H3;1H3/b9-6-;. The van der Waals surface area contributed by atoms with Crippen LogP contribution in [0.25, 0.3) is 0 Å². The van der Waals surface area contributed by atoms with Crippen LogP contribution in [0.4, 0.5) is 4.53 Å². The average Bonchev–Trinajstić information content (AvgIpc) is 2.43. The summed E-state index contributed by atoms with van der Waals surface area (Å²) in [6.45, 7) is 6.36. The lowest BCUT2D eigenvalue weighted by Crippen LogP contribution is -2.05. The first kappa shape index (κ1) is 20.7. The van der Waals surface area contributed by atoms with Crippen LogP contribution in [0, 0.1) is 0 Å². The highest BCUT2D eigenvalue weighted by molar-refractivity contribution is 14.1. The highest BCUT2D eigenvalue weighted by Crippen LogP contribution is 2.09. The van der Waals surface area contributed by atoms with Crippen LogP contribution in [-0.2, 0) is 9.60 Å². The minimum atomic E-state index is -0.345. The van der Waals surface area contributed by atoms with Gasteiger partial charge in [0.25, 0.3) is 0 Å². The van der Waals surface area contributed by atoms with Gasteiger partial charge < -0.3 is 10.5 Å². The highest BCUT2D eigenvalue weighted by atomic mass is 127. The number of methoxy groups -OCH3 is 1. The third-order valence-electron chi connectivity index (χ3n) is 2.09. The van der Waals surface area contributed by atoms with Crippen molar-refractivity contribution in [2.45, 2.75) is 25.9 Å². The number of hydrogen-bond acceptors (Lipinski definition) is 4. The van der Waals surface area contributed by atoms with Gasteiger partial charge in [-0.05, 0) is 26.0 Å². The molecule has 106 valence electrons. The molecule has 18 heavy (non-hydrogen) atoms. The van der Waals surface area contributed by atoms with Crippen LogP contribution in [-0.4, -0.2) is 30.1 Å². The third-order valence-corrected chi connectivity index (χ3v) is 4.25. The predicted molar refractivity (Wildman–Crippen MR) is 88.5 cm³/mol. The zero-order chi connectivity index (χ0) is 14.4. The van der Waals surface area contributed by atoms with Crippen molar-refractivity contribution in [2.75, 3.05) is 19.9 Å². The largest absolute Gasteiger partial charge is 0.479 e. The van der Waals surface area contributed by atoms with Gasteiger partial charge in [0.05, 0.1) is 6.10 Å². The molecule has 0 rings (SSSR count). The summed E-state index contributed by atoms with van der Waals surface area (Å²) in [7, 11) is 1.70. The molecule has 0 saturated carbocycles. The van der Waals surface area contributed by atoms with Crippen LogP contribution in [0.2, 0.25) is 0 Å². The maximum atomic E-state index is 10.9. The van der Waals surface area contributed by atoms with Gasteiger partial charge >= 0.3 is 4.05 Å². The van der Waals surface area contributed by atoms with E-state index in [1.54, 1.807) is 13.4 Å². The Morgan fingerprint density at radius 2 is 2.28 bits per heavy atom. The molecular weight excluding hydrogens is 367 g/mol.